The largest absolute Gasteiger partial charge is 0.478 e. The maximum absolute atomic E-state index is 10.9. The van der Waals surface area contributed by atoms with Gasteiger partial charge in [0, 0.05) is 13.0 Å². The topological polar surface area (TPSA) is 63.6 Å². The number of carbonyl (C=O) groups excluding carboxylic acids is 1. The molecular weight excluding hydrogens is 208 g/mol. The molecule has 0 radical (unpaired) electrons. The summed E-state index contributed by atoms with van der Waals surface area (Å²) in [4.78, 5) is 21.6. The second-order valence-electron chi connectivity index (χ2n) is 3.30. The van der Waals surface area contributed by atoms with Crippen LogP contribution in [-0.4, -0.2) is 30.1 Å². The van der Waals surface area contributed by atoms with E-state index in [4.69, 9.17) is 9.84 Å². The van der Waals surface area contributed by atoms with Crippen molar-refractivity contribution in [2.24, 2.45) is 0 Å². The zero-order valence-electron chi connectivity index (χ0n) is 9.05. The molecular formula is C12H14O4. The van der Waals surface area contributed by atoms with Crippen molar-refractivity contribution < 1.29 is 19.4 Å². The summed E-state index contributed by atoms with van der Waals surface area (Å²) in [6, 6.07) is 6.61. The van der Waals surface area contributed by atoms with Gasteiger partial charge in [-0.1, -0.05) is 18.2 Å². The summed E-state index contributed by atoms with van der Waals surface area (Å²) in [7, 11) is 0. The summed E-state index contributed by atoms with van der Waals surface area (Å²) in [6.45, 7) is 2.22. The van der Waals surface area contributed by atoms with Crippen molar-refractivity contribution in [2.75, 3.05) is 6.61 Å². The van der Waals surface area contributed by atoms with E-state index in [9.17, 15) is 9.59 Å². The van der Waals surface area contributed by atoms with Crippen LogP contribution < -0.4 is 0 Å². The molecule has 0 fully saturated rings. The quantitative estimate of drug-likeness (QED) is 0.741. The molecule has 0 aliphatic rings. The molecule has 1 aromatic carbocycles. The van der Waals surface area contributed by atoms with Crippen LogP contribution in [0.15, 0.2) is 24.3 Å². The van der Waals surface area contributed by atoms with Crippen LogP contribution >= 0.6 is 0 Å². The standard InChI is InChI=1S/C12H14O4/c1-2-16-10(8-13)7-9-5-3-4-6-11(9)12(14)15/h3-6,8,10H,2,7H2,1H3,(H,14,15). The van der Waals surface area contributed by atoms with Crippen LogP contribution in [0.25, 0.3) is 0 Å². The van der Waals surface area contributed by atoms with Crippen molar-refractivity contribution in [3.63, 3.8) is 0 Å². The number of carboxylic acids is 1. The lowest BCUT2D eigenvalue weighted by Crippen LogP contribution is -2.19. The number of benzene rings is 1. The summed E-state index contributed by atoms with van der Waals surface area (Å²) in [6.07, 6.45) is 0.410. The highest BCUT2D eigenvalue weighted by molar-refractivity contribution is 5.89. The Morgan fingerprint density at radius 3 is 2.75 bits per heavy atom. The Morgan fingerprint density at radius 2 is 2.19 bits per heavy atom. The van der Waals surface area contributed by atoms with E-state index in [0.29, 0.717) is 24.9 Å². The molecule has 1 N–H and O–H groups in total. The van der Waals surface area contributed by atoms with E-state index >= 15 is 0 Å². The maximum Gasteiger partial charge on any atom is 0.335 e. The van der Waals surface area contributed by atoms with Crippen molar-refractivity contribution in [3.8, 4) is 0 Å². The minimum Gasteiger partial charge on any atom is -0.478 e. The lowest BCUT2D eigenvalue weighted by molar-refractivity contribution is -0.117. The predicted molar refractivity (Wildman–Crippen MR) is 58.6 cm³/mol. The lowest BCUT2D eigenvalue weighted by Gasteiger charge is -2.11. The number of rotatable bonds is 6. The van der Waals surface area contributed by atoms with Crippen LogP contribution in [-0.2, 0) is 16.0 Å². The average molecular weight is 222 g/mol. The van der Waals surface area contributed by atoms with Crippen molar-refractivity contribution in [2.45, 2.75) is 19.4 Å². The fourth-order valence-corrected chi connectivity index (χ4v) is 1.48. The number of carbonyl (C=O) groups is 2. The van der Waals surface area contributed by atoms with Crippen LogP contribution in [0.1, 0.15) is 22.8 Å². The highest BCUT2D eigenvalue weighted by Crippen LogP contribution is 2.12. The number of ether oxygens (including phenoxy) is 1. The first kappa shape index (κ1) is 12.4. The summed E-state index contributed by atoms with van der Waals surface area (Å²) in [5, 5.41) is 8.95. The molecule has 0 heterocycles. The Balaban J connectivity index is 2.86. The van der Waals surface area contributed by atoms with Gasteiger partial charge in [-0.3, -0.25) is 0 Å². The molecule has 0 aliphatic heterocycles. The fourth-order valence-electron chi connectivity index (χ4n) is 1.48. The predicted octanol–water partition coefficient (Wildman–Crippen LogP) is 1.53. The summed E-state index contributed by atoms with van der Waals surface area (Å²) >= 11 is 0. The molecule has 16 heavy (non-hydrogen) atoms. The van der Waals surface area contributed by atoms with E-state index in [0.717, 1.165) is 0 Å². The van der Waals surface area contributed by atoms with Gasteiger partial charge in [-0.25, -0.2) is 4.79 Å². The molecule has 1 atom stereocenters. The summed E-state index contributed by atoms with van der Waals surface area (Å²) < 4.78 is 5.17. The van der Waals surface area contributed by atoms with Gasteiger partial charge in [-0.15, -0.1) is 0 Å². The lowest BCUT2D eigenvalue weighted by atomic mass is 10.0. The maximum atomic E-state index is 10.9. The van der Waals surface area contributed by atoms with E-state index in [1.54, 1.807) is 25.1 Å². The van der Waals surface area contributed by atoms with Crippen molar-refractivity contribution in [1.82, 2.24) is 0 Å². The van der Waals surface area contributed by atoms with Gasteiger partial charge in [0.25, 0.3) is 0 Å². The molecule has 0 amide bonds. The van der Waals surface area contributed by atoms with Gasteiger partial charge in [-0.2, -0.15) is 0 Å². The van der Waals surface area contributed by atoms with Gasteiger partial charge in [0.1, 0.15) is 12.4 Å². The molecule has 0 saturated carbocycles. The van der Waals surface area contributed by atoms with Crippen LogP contribution in [0.2, 0.25) is 0 Å². The van der Waals surface area contributed by atoms with Gasteiger partial charge in [0.05, 0.1) is 5.56 Å². The monoisotopic (exact) mass is 222 g/mol. The molecule has 1 unspecified atom stereocenters. The molecule has 1 rings (SSSR count). The molecule has 0 bridgehead atoms. The van der Waals surface area contributed by atoms with Crippen molar-refractivity contribution in [1.29, 1.82) is 0 Å². The third-order valence-electron chi connectivity index (χ3n) is 2.20. The van der Waals surface area contributed by atoms with E-state index in [1.165, 1.54) is 6.07 Å². The van der Waals surface area contributed by atoms with E-state index < -0.39 is 12.1 Å². The van der Waals surface area contributed by atoms with Crippen LogP contribution in [0.4, 0.5) is 0 Å². The van der Waals surface area contributed by atoms with Gasteiger partial charge in [-0.05, 0) is 18.6 Å². The van der Waals surface area contributed by atoms with E-state index in [1.807, 2.05) is 0 Å². The Kier molecular flexibility index (Phi) is 4.66. The van der Waals surface area contributed by atoms with E-state index in [2.05, 4.69) is 0 Å². The first-order valence-corrected chi connectivity index (χ1v) is 5.07. The molecule has 0 saturated heterocycles. The molecule has 86 valence electrons. The SMILES string of the molecule is CCOC(C=O)Cc1ccccc1C(=O)O. The third kappa shape index (κ3) is 3.17. The van der Waals surface area contributed by atoms with Crippen LogP contribution in [0.3, 0.4) is 0 Å². The number of carboxylic acid groups (broad SMARTS) is 1. The molecule has 0 aromatic heterocycles. The van der Waals surface area contributed by atoms with Gasteiger partial charge >= 0.3 is 5.97 Å². The first-order valence-electron chi connectivity index (χ1n) is 5.07. The summed E-state index contributed by atoms with van der Waals surface area (Å²) in [5.41, 5.74) is 0.828. The number of hydrogen-bond acceptors (Lipinski definition) is 3. The second-order valence-corrected chi connectivity index (χ2v) is 3.30. The Hall–Kier alpha value is -1.68. The Bertz CT molecular complexity index is 373. The van der Waals surface area contributed by atoms with Gasteiger partial charge < -0.3 is 14.6 Å². The zero-order valence-corrected chi connectivity index (χ0v) is 9.05. The molecule has 0 spiro atoms. The number of hydrogen-bond donors (Lipinski definition) is 1. The number of aromatic carboxylic acids is 1. The highest BCUT2D eigenvalue weighted by Gasteiger charge is 2.14. The van der Waals surface area contributed by atoms with E-state index in [-0.39, 0.29) is 5.56 Å². The Morgan fingerprint density at radius 1 is 1.50 bits per heavy atom. The molecule has 1 aromatic rings. The molecule has 4 heteroatoms. The number of aldehydes is 1. The fraction of sp³-hybridized carbons (Fsp3) is 0.333. The molecule has 4 nitrogen and oxygen atoms in total. The minimum absolute atomic E-state index is 0.217. The zero-order chi connectivity index (χ0) is 12.0. The minimum atomic E-state index is -0.989. The first-order chi connectivity index (χ1) is 7.69. The highest BCUT2D eigenvalue weighted by atomic mass is 16.5. The third-order valence-corrected chi connectivity index (χ3v) is 2.20. The summed E-state index contributed by atoms with van der Waals surface area (Å²) in [5.74, 6) is -0.989. The smallest absolute Gasteiger partial charge is 0.335 e. The average Bonchev–Trinajstić information content (AvgIpc) is 2.29. The van der Waals surface area contributed by atoms with Crippen LogP contribution in [0, 0.1) is 0 Å². The van der Waals surface area contributed by atoms with Crippen molar-refractivity contribution in [3.05, 3.63) is 35.4 Å². The molecule has 0 aliphatic carbocycles. The normalized spacial score (nSPS) is 12.1. The van der Waals surface area contributed by atoms with Crippen LogP contribution in [0.5, 0.6) is 0 Å². The van der Waals surface area contributed by atoms with Crippen molar-refractivity contribution >= 4 is 12.3 Å². The van der Waals surface area contributed by atoms with Gasteiger partial charge in [0.2, 0.25) is 0 Å². The second kappa shape index (κ2) is 6.02. The van der Waals surface area contributed by atoms with Gasteiger partial charge in [0.15, 0.2) is 0 Å². The Labute approximate surface area is 93.9 Å².